The van der Waals surface area contributed by atoms with Crippen LogP contribution < -0.4 is 20.1 Å². The molecule has 0 radical (unpaired) electrons. The quantitative estimate of drug-likeness (QED) is 0.155. The minimum atomic E-state index is -1.75. The zero-order valence-electron chi connectivity index (χ0n) is 28.8. The van der Waals surface area contributed by atoms with E-state index in [1.807, 2.05) is 6.07 Å². The molecule has 3 aliphatic heterocycles. The zero-order valence-corrected chi connectivity index (χ0v) is 30.4. The molecule has 0 bridgehead atoms. The van der Waals surface area contributed by atoms with Crippen LogP contribution in [0.5, 0.6) is 11.5 Å². The van der Waals surface area contributed by atoms with Gasteiger partial charge in [0.1, 0.15) is 30.1 Å². The van der Waals surface area contributed by atoms with Gasteiger partial charge in [0.2, 0.25) is 11.8 Å². The van der Waals surface area contributed by atoms with Crippen LogP contribution in [0.15, 0.2) is 42.5 Å². The first-order valence-corrected chi connectivity index (χ1v) is 17.4. The lowest BCUT2D eigenvalue weighted by Crippen LogP contribution is -2.71. The molecule has 276 valence electrons. The maximum Gasteiger partial charge on any atom is 0.330 e. The molecule has 18 heteroatoms. The first kappa shape index (κ1) is 38.1. The lowest BCUT2D eigenvalue weighted by molar-refractivity contribution is -0.165. The number of piperazine rings is 1. The molecule has 3 fully saturated rings. The van der Waals surface area contributed by atoms with Gasteiger partial charge in [0.25, 0.3) is 0 Å². The van der Waals surface area contributed by atoms with Crippen molar-refractivity contribution in [1.82, 2.24) is 25.3 Å². The molecule has 2 aromatic carbocycles. The van der Waals surface area contributed by atoms with Crippen LogP contribution in [0.4, 0.5) is 4.79 Å². The molecule has 4 atom stereocenters. The number of urea groups is 1. The monoisotopic (exact) mass is 757 g/mol. The number of carbonyl (C=O) groups excluding carboxylic acids is 8. The van der Waals surface area contributed by atoms with Crippen molar-refractivity contribution < 1.29 is 52.6 Å². The smallest absolute Gasteiger partial charge is 0.330 e. The Bertz CT molecular complexity index is 1840. The molecule has 52 heavy (non-hydrogen) atoms. The molecule has 3 saturated heterocycles. The van der Waals surface area contributed by atoms with Gasteiger partial charge in [-0.3, -0.25) is 33.7 Å². The fourth-order valence-corrected chi connectivity index (χ4v) is 7.95. The number of hydrogen-bond donors (Lipinski definition) is 2. The van der Waals surface area contributed by atoms with Crippen LogP contribution in [0.2, 0.25) is 5.02 Å². The zero-order chi connectivity index (χ0) is 38.1. The third kappa shape index (κ3) is 7.69. The molecule has 16 nitrogen and oxygen atoms in total. The van der Waals surface area contributed by atoms with Gasteiger partial charge in [0, 0.05) is 49.9 Å². The number of thioether (sulfide) groups is 1. The van der Waals surface area contributed by atoms with Crippen molar-refractivity contribution in [3.05, 3.63) is 58.6 Å². The third-order valence-corrected chi connectivity index (χ3v) is 10.4. The van der Waals surface area contributed by atoms with E-state index in [1.165, 1.54) is 21.6 Å². The number of rotatable bonds is 10. The third-order valence-electron chi connectivity index (χ3n) is 8.53. The van der Waals surface area contributed by atoms with Gasteiger partial charge in [-0.05, 0) is 32.4 Å². The summed E-state index contributed by atoms with van der Waals surface area (Å²) in [7, 11) is 0. The van der Waals surface area contributed by atoms with Crippen LogP contribution in [0, 0.1) is 0 Å². The molecule has 0 aromatic heterocycles. The second-order valence-electron chi connectivity index (χ2n) is 12.6. The van der Waals surface area contributed by atoms with Crippen molar-refractivity contribution in [3.63, 3.8) is 0 Å². The highest BCUT2D eigenvalue weighted by atomic mass is 35.5. The van der Waals surface area contributed by atoms with Gasteiger partial charge in [-0.25, -0.2) is 9.59 Å². The lowest BCUT2D eigenvalue weighted by Gasteiger charge is -2.44. The average Bonchev–Trinajstić information content (AvgIpc) is 3.34. The summed E-state index contributed by atoms with van der Waals surface area (Å²) in [6, 6.07) is 6.21. The summed E-state index contributed by atoms with van der Waals surface area (Å²) < 4.78 is 15.1. The Kier molecular flexibility index (Phi) is 11.1. The molecule has 3 aliphatic rings. The minimum Gasteiger partial charge on any atom is -0.459 e. The number of ether oxygens (including phenoxy) is 3. The number of benzene rings is 2. The number of amides is 6. The Balaban J connectivity index is 1.41. The van der Waals surface area contributed by atoms with Crippen LogP contribution in [0.25, 0.3) is 0 Å². The minimum absolute atomic E-state index is 0.000903. The molecule has 2 N–H and O–H groups in total. The van der Waals surface area contributed by atoms with E-state index >= 15 is 0 Å². The maximum absolute atomic E-state index is 14.1. The number of carbonyl (C=O) groups is 8. The topological polar surface area (TPSA) is 198 Å². The van der Waals surface area contributed by atoms with Crippen molar-refractivity contribution in [2.75, 3.05) is 19.6 Å². The van der Waals surface area contributed by atoms with Crippen molar-refractivity contribution in [2.24, 2.45) is 0 Å². The number of hydrogen-bond acceptors (Lipinski definition) is 12. The lowest BCUT2D eigenvalue weighted by atomic mass is 9.95. The summed E-state index contributed by atoms with van der Waals surface area (Å²) in [4.78, 5) is 107. The van der Waals surface area contributed by atoms with Crippen LogP contribution in [0.1, 0.15) is 51.8 Å². The Morgan fingerprint density at radius 2 is 1.60 bits per heavy atom. The Morgan fingerprint density at radius 3 is 2.21 bits per heavy atom. The van der Waals surface area contributed by atoms with Gasteiger partial charge in [0.05, 0.1) is 5.02 Å². The van der Waals surface area contributed by atoms with Crippen molar-refractivity contribution in [1.29, 1.82) is 0 Å². The Labute approximate surface area is 307 Å². The highest BCUT2D eigenvalue weighted by Crippen LogP contribution is 2.51. The molecule has 3 heterocycles. The number of β-lactam (4-membered cyclic amide) rings is 1. The van der Waals surface area contributed by atoms with Crippen LogP contribution >= 0.6 is 23.4 Å². The molecule has 5 rings (SSSR count). The van der Waals surface area contributed by atoms with Gasteiger partial charge in [0.15, 0.2) is 11.5 Å². The van der Waals surface area contributed by atoms with E-state index in [4.69, 9.17) is 25.8 Å². The van der Waals surface area contributed by atoms with E-state index in [1.54, 1.807) is 45.0 Å². The Morgan fingerprint density at radius 1 is 0.962 bits per heavy atom. The number of fused-ring (bicyclic) bond motifs is 1. The van der Waals surface area contributed by atoms with E-state index in [2.05, 4.69) is 10.6 Å². The summed E-state index contributed by atoms with van der Waals surface area (Å²) in [6.45, 7) is 7.51. The highest BCUT2D eigenvalue weighted by Gasteiger charge is 2.64. The van der Waals surface area contributed by atoms with Gasteiger partial charge in [-0.2, -0.15) is 0 Å². The largest absolute Gasteiger partial charge is 0.459 e. The molecule has 0 saturated carbocycles. The summed E-state index contributed by atoms with van der Waals surface area (Å²) in [5.74, 6) is -6.40. The molecule has 0 spiro atoms. The van der Waals surface area contributed by atoms with Crippen LogP contribution in [-0.2, 0) is 44.9 Å². The van der Waals surface area contributed by atoms with E-state index < -0.39 is 75.8 Å². The second kappa shape index (κ2) is 15.2. The fourth-order valence-electron chi connectivity index (χ4n) is 6.07. The molecule has 1 unspecified atom stereocenters. The maximum atomic E-state index is 14.1. The number of esters is 3. The number of imide groups is 1. The van der Waals surface area contributed by atoms with Gasteiger partial charge in [-0.1, -0.05) is 41.9 Å². The normalized spacial score (nSPS) is 21.1. The average molecular weight is 758 g/mol. The van der Waals surface area contributed by atoms with Gasteiger partial charge < -0.3 is 34.6 Å². The first-order valence-electron chi connectivity index (χ1n) is 16.2. The van der Waals surface area contributed by atoms with E-state index in [-0.39, 0.29) is 48.3 Å². The first-order chi connectivity index (χ1) is 24.5. The predicted octanol–water partition coefficient (Wildman–Crippen LogP) is 1.92. The molecule has 2 aromatic rings. The van der Waals surface area contributed by atoms with Crippen LogP contribution in [-0.4, -0.2) is 104 Å². The van der Waals surface area contributed by atoms with Crippen LogP contribution in [0.3, 0.4) is 0 Å². The number of likely N-dealkylation sites (N-methyl/N-ethyl adjacent to an activating group) is 1. The van der Waals surface area contributed by atoms with Crippen molar-refractivity contribution in [2.45, 2.75) is 69.5 Å². The summed E-state index contributed by atoms with van der Waals surface area (Å²) in [6.07, 6.45) is 0. The fraction of sp³-hybridized carbons (Fsp3) is 0.412. The van der Waals surface area contributed by atoms with Crippen molar-refractivity contribution in [3.8, 4) is 11.5 Å². The standard InChI is InChI=1S/C34H36ClN5O11S/c1-6-38-12-13-39(30(46)29(38)45)33(48)37-24(20-14-22(50-17(2)41)23(15-21(20)35)51-18(3)42)27(43)36-25-28(44)40-26(34(4,5)52-31(25)40)32(47)49-16-19-10-8-7-9-11-19/h7-11,14-15,24-26,31H,6,12-13,16H2,1-5H3,(H,36,43)(H,37,48)/t24?,25-,26+,31-/m1/s1. The summed E-state index contributed by atoms with van der Waals surface area (Å²) in [5, 5.41) is 4.11. The molecule has 6 amide bonds. The Hall–Kier alpha value is -5.16. The van der Waals surface area contributed by atoms with Gasteiger partial charge >= 0.3 is 35.8 Å². The number of nitrogens with one attached hydrogen (secondary N) is 2. The number of nitrogens with zero attached hydrogens (tertiary/aromatic N) is 3. The highest BCUT2D eigenvalue weighted by molar-refractivity contribution is 8.01. The predicted molar refractivity (Wildman–Crippen MR) is 184 cm³/mol. The number of halogens is 1. The SMILES string of the molecule is CCN1CCN(C(=O)NC(C(=O)N[C@@H]2C(=O)N3[C@@H]2SC(C)(C)[C@@H]3C(=O)OCc2ccccc2)c2cc(OC(C)=O)c(OC(C)=O)cc2Cl)C(=O)C1=O. The molecular formula is C34H36ClN5O11S. The van der Waals surface area contributed by atoms with Crippen molar-refractivity contribution >= 4 is 70.9 Å². The molecular weight excluding hydrogens is 722 g/mol. The van der Waals surface area contributed by atoms with Gasteiger partial charge in [-0.15, -0.1) is 11.8 Å². The van der Waals surface area contributed by atoms with E-state index in [0.29, 0.717) is 4.90 Å². The molecule has 0 aliphatic carbocycles. The van der Waals surface area contributed by atoms with E-state index in [0.717, 1.165) is 31.5 Å². The summed E-state index contributed by atoms with van der Waals surface area (Å²) in [5.41, 5.74) is 0.592. The van der Waals surface area contributed by atoms with E-state index in [9.17, 15) is 38.4 Å². The second-order valence-corrected chi connectivity index (χ2v) is 14.7. The summed E-state index contributed by atoms with van der Waals surface area (Å²) >= 11 is 7.82.